The van der Waals surface area contributed by atoms with E-state index in [-0.39, 0.29) is 0 Å². The van der Waals surface area contributed by atoms with E-state index in [1.54, 1.807) is 20.4 Å². The minimum atomic E-state index is 0.509. The van der Waals surface area contributed by atoms with E-state index in [1.807, 2.05) is 25.1 Å². The van der Waals surface area contributed by atoms with Gasteiger partial charge in [-0.2, -0.15) is 0 Å². The van der Waals surface area contributed by atoms with Crippen LogP contribution in [0.15, 0.2) is 46.0 Å². The van der Waals surface area contributed by atoms with Gasteiger partial charge in [0, 0.05) is 26.7 Å². The molecule has 0 spiro atoms. The summed E-state index contributed by atoms with van der Waals surface area (Å²) >= 11 is 0. The molecule has 0 aliphatic rings. The summed E-state index contributed by atoms with van der Waals surface area (Å²) in [5.74, 6) is 2.51. The molecule has 0 aliphatic carbocycles. The maximum absolute atomic E-state index is 5.55. The molecule has 25 heavy (non-hydrogen) atoms. The van der Waals surface area contributed by atoms with Crippen LogP contribution in [0.1, 0.15) is 23.3 Å². The number of hydrogen-bond acceptors (Lipinski definition) is 4. The first kappa shape index (κ1) is 18.9. The van der Waals surface area contributed by atoms with Gasteiger partial charge >= 0.3 is 0 Å². The summed E-state index contributed by atoms with van der Waals surface area (Å²) in [5, 5.41) is 6.57. The lowest BCUT2D eigenvalue weighted by atomic mass is 10.1. The highest BCUT2D eigenvalue weighted by Gasteiger charge is 2.02. The van der Waals surface area contributed by atoms with Crippen molar-refractivity contribution in [3.63, 3.8) is 0 Å². The monoisotopic (exact) mass is 345 g/mol. The molecule has 1 aromatic carbocycles. The fourth-order valence-electron chi connectivity index (χ4n) is 2.33. The van der Waals surface area contributed by atoms with Gasteiger partial charge < -0.3 is 24.5 Å². The van der Waals surface area contributed by atoms with Crippen LogP contribution in [0.2, 0.25) is 0 Å². The maximum atomic E-state index is 5.55. The third kappa shape index (κ3) is 6.51. The molecule has 0 saturated carbocycles. The Kier molecular flexibility index (Phi) is 7.85. The van der Waals surface area contributed by atoms with Crippen molar-refractivity contribution in [2.45, 2.75) is 26.5 Å². The van der Waals surface area contributed by atoms with Crippen molar-refractivity contribution in [3.05, 3.63) is 53.5 Å². The first-order valence-corrected chi connectivity index (χ1v) is 8.41. The standard InChI is InChI=1S/C19H27N3O3/c1-15-7-8-16(12-18(15)23-3)13-22-19(20-2)21-9-5-10-24-14-17-6-4-11-25-17/h4,6-8,11-12H,5,9-10,13-14H2,1-3H3,(H2,20,21,22). The molecule has 0 unspecified atom stereocenters. The third-order valence-corrected chi connectivity index (χ3v) is 3.74. The number of hydrogen-bond donors (Lipinski definition) is 2. The van der Waals surface area contributed by atoms with Crippen molar-refractivity contribution in [1.29, 1.82) is 0 Å². The maximum Gasteiger partial charge on any atom is 0.191 e. The second-order valence-electron chi connectivity index (χ2n) is 5.64. The summed E-state index contributed by atoms with van der Waals surface area (Å²) in [5.41, 5.74) is 2.27. The highest BCUT2D eigenvalue weighted by atomic mass is 16.5. The average Bonchev–Trinajstić information content (AvgIpc) is 3.15. The van der Waals surface area contributed by atoms with Gasteiger partial charge in [0.1, 0.15) is 18.1 Å². The Bertz CT molecular complexity index is 654. The van der Waals surface area contributed by atoms with Gasteiger partial charge in [-0.3, -0.25) is 4.99 Å². The Morgan fingerprint density at radius 2 is 2.12 bits per heavy atom. The quantitative estimate of drug-likeness (QED) is 0.415. The zero-order valence-corrected chi connectivity index (χ0v) is 15.2. The Morgan fingerprint density at radius 1 is 1.24 bits per heavy atom. The zero-order valence-electron chi connectivity index (χ0n) is 15.2. The minimum Gasteiger partial charge on any atom is -0.496 e. The Morgan fingerprint density at radius 3 is 2.84 bits per heavy atom. The van der Waals surface area contributed by atoms with Gasteiger partial charge in [0.15, 0.2) is 5.96 Å². The van der Waals surface area contributed by atoms with Crippen molar-refractivity contribution in [2.75, 3.05) is 27.3 Å². The highest BCUT2D eigenvalue weighted by molar-refractivity contribution is 5.79. The predicted molar refractivity (Wildman–Crippen MR) is 98.9 cm³/mol. The molecule has 6 nitrogen and oxygen atoms in total. The molecule has 0 fully saturated rings. The predicted octanol–water partition coefficient (Wildman–Crippen LogP) is 2.87. The van der Waals surface area contributed by atoms with Crippen LogP contribution in [0.3, 0.4) is 0 Å². The van der Waals surface area contributed by atoms with Gasteiger partial charge in [0.2, 0.25) is 0 Å². The molecule has 2 N–H and O–H groups in total. The smallest absolute Gasteiger partial charge is 0.191 e. The number of furan rings is 1. The molecule has 0 amide bonds. The number of aliphatic imine (C=N–C) groups is 1. The molecule has 6 heteroatoms. The summed E-state index contributed by atoms with van der Waals surface area (Å²) in [6, 6.07) is 9.95. The van der Waals surface area contributed by atoms with Crippen LogP contribution in [0.5, 0.6) is 5.75 Å². The van der Waals surface area contributed by atoms with Gasteiger partial charge in [-0.1, -0.05) is 12.1 Å². The molecule has 136 valence electrons. The fourth-order valence-corrected chi connectivity index (χ4v) is 2.33. The minimum absolute atomic E-state index is 0.509. The van der Waals surface area contributed by atoms with Crippen LogP contribution in [0.25, 0.3) is 0 Å². The molecule has 2 rings (SSSR count). The number of aryl methyl sites for hydroxylation is 1. The molecule has 0 aliphatic heterocycles. The van der Waals surface area contributed by atoms with Crippen molar-refractivity contribution in [1.82, 2.24) is 10.6 Å². The average molecular weight is 345 g/mol. The van der Waals surface area contributed by atoms with Crippen molar-refractivity contribution < 1.29 is 13.9 Å². The van der Waals surface area contributed by atoms with Crippen molar-refractivity contribution in [2.24, 2.45) is 4.99 Å². The van der Waals surface area contributed by atoms with E-state index < -0.39 is 0 Å². The lowest BCUT2D eigenvalue weighted by Crippen LogP contribution is -2.37. The lowest BCUT2D eigenvalue weighted by molar-refractivity contribution is 0.105. The number of ether oxygens (including phenoxy) is 2. The molecule has 0 saturated heterocycles. The first-order valence-electron chi connectivity index (χ1n) is 8.41. The normalized spacial score (nSPS) is 11.4. The van der Waals surface area contributed by atoms with Gasteiger partial charge in [-0.05, 0) is 42.7 Å². The molecular weight excluding hydrogens is 318 g/mol. The Balaban J connectivity index is 1.63. The van der Waals surface area contributed by atoms with Crippen LogP contribution in [0, 0.1) is 6.92 Å². The highest BCUT2D eigenvalue weighted by Crippen LogP contribution is 2.18. The van der Waals surface area contributed by atoms with Gasteiger partial charge in [-0.25, -0.2) is 0 Å². The second-order valence-corrected chi connectivity index (χ2v) is 5.64. The summed E-state index contributed by atoms with van der Waals surface area (Å²) in [6.07, 6.45) is 2.54. The largest absolute Gasteiger partial charge is 0.496 e. The Labute approximate surface area is 149 Å². The summed E-state index contributed by atoms with van der Waals surface area (Å²) in [7, 11) is 3.45. The molecule has 0 radical (unpaired) electrons. The van der Waals surface area contributed by atoms with E-state index in [0.717, 1.165) is 41.6 Å². The van der Waals surface area contributed by atoms with Gasteiger partial charge in [-0.15, -0.1) is 0 Å². The second kappa shape index (κ2) is 10.4. The fraction of sp³-hybridized carbons (Fsp3) is 0.421. The Hall–Kier alpha value is -2.47. The van der Waals surface area contributed by atoms with Crippen LogP contribution in [-0.2, 0) is 17.9 Å². The molecule has 1 aromatic heterocycles. The van der Waals surface area contributed by atoms with E-state index in [4.69, 9.17) is 13.9 Å². The number of nitrogens with one attached hydrogen (secondary N) is 2. The summed E-state index contributed by atoms with van der Waals surface area (Å²) < 4.78 is 16.1. The van der Waals surface area contributed by atoms with Gasteiger partial charge in [0.05, 0.1) is 13.4 Å². The number of benzene rings is 1. The van der Waals surface area contributed by atoms with E-state index in [9.17, 15) is 0 Å². The van der Waals surface area contributed by atoms with Crippen molar-refractivity contribution in [3.8, 4) is 5.75 Å². The first-order chi connectivity index (χ1) is 12.2. The van der Waals surface area contributed by atoms with Crippen LogP contribution >= 0.6 is 0 Å². The number of nitrogens with zero attached hydrogens (tertiary/aromatic N) is 1. The summed E-state index contributed by atoms with van der Waals surface area (Å²) in [4.78, 5) is 4.23. The zero-order chi connectivity index (χ0) is 17.9. The summed E-state index contributed by atoms with van der Waals surface area (Å²) in [6.45, 7) is 4.68. The molecule has 0 bridgehead atoms. The van der Waals surface area contributed by atoms with Crippen molar-refractivity contribution >= 4 is 5.96 Å². The SMILES string of the molecule is CN=C(NCCCOCc1ccco1)NCc1ccc(C)c(OC)c1. The number of rotatable bonds is 9. The topological polar surface area (TPSA) is 68.0 Å². The van der Waals surface area contributed by atoms with E-state index in [2.05, 4.69) is 27.8 Å². The van der Waals surface area contributed by atoms with E-state index >= 15 is 0 Å². The molecular formula is C19H27N3O3. The number of guanidine groups is 1. The van der Waals surface area contributed by atoms with E-state index in [1.165, 1.54) is 0 Å². The van der Waals surface area contributed by atoms with Crippen LogP contribution in [0.4, 0.5) is 0 Å². The lowest BCUT2D eigenvalue weighted by Gasteiger charge is -2.13. The number of methoxy groups -OCH3 is 1. The third-order valence-electron chi connectivity index (χ3n) is 3.74. The molecule has 2 aromatic rings. The van der Waals surface area contributed by atoms with Gasteiger partial charge in [0.25, 0.3) is 0 Å². The molecule has 0 atom stereocenters. The van der Waals surface area contributed by atoms with E-state index in [0.29, 0.717) is 19.8 Å². The molecule has 1 heterocycles. The van der Waals surface area contributed by atoms with Crippen LogP contribution in [-0.4, -0.2) is 33.3 Å². The van der Waals surface area contributed by atoms with Crippen LogP contribution < -0.4 is 15.4 Å².